The van der Waals surface area contributed by atoms with Crippen LogP contribution in [-0.4, -0.2) is 15.6 Å². The van der Waals surface area contributed by atoms with E-state index in [-0.39, 0.29) is 0 Å². The van der Waals surface area contributed by atoms with Crippen LogP contribution in [-0.2, 0) is 13.1 Å². The Balaban J connectivity index is 1.92. The molecule has 0 unspecified atom stereocenters. The first-order valence-electron chi connectivity index (χ1n) is 5.24. The van der Waals surface area contributed by atoms with Crippen LogP contribution >= 0.6 is 15.9 Å². The van der Waals surface area contributed by atoms with Gasteiger partial charge in [-0.15, -0.1) is 0 Å². The lowest BCUT2D eigenvalue weighted by molar-refractivity contribution is 0.333. The SMILES string of the molecule is CCn1cc(Br)nc1CNC1CCC1. The number of hydrogen-bond acceptors (Lipinski definition) is 2. The van der Waals surface area contributed by atoms with Crippen molar-refractivity contribution in [2.45, 2.75) is 45.3 Å². The van der Waals surface area contributed by atoms with Crippen molar-refractivity contribution in [1.82, 2.24) is 14.9 Å². The van der Waals surface area contributed by atoms with Crippen LogP contribution in [0.4, 0.5) is 0 Å². The van der Waals surface area contributed by atoms with E-state index in [9.17, 15) is 0 Å². The maximum absolute atomic E-state index is 4.43. The highest BCUT2D eigenvalue weighted by Crippen LogP contribution is 2.18. The number of nitrogens with one attached hydrogen (secondary N) is 1. The number of nitrogens with zero attached hydrogens (tertiary/aromatic N) is 2. The molecule has 78 valence electrons. The minimum atomic E-state index is 0.732. The van der Waals surface area contributed by atoms with E-state index in [2.05, 4.69) is 37.7 Å². The lowest BCUT2D eigenvalue weighted by Gasteiger charge is -2.26. The average molecular weight is 258 g/mol. The van der Waals surface area contributed by atoms with Gasteiger partial charge in [-0.25, -0.2) is 4.98 Å². The number of rotatable bonds is 4. The largest absolute Gasteiger partial charge is 0.333 e. The summed E-state index contributed by atoms with van der Waals surface area (Å²) in [7, 11) is 0. The van der Waals surface area contributed by atoms with Crippen LogP contribution in [0, 0.1) is 0 Å². The van der Waals surface area contributed by atoms with Gasteiger partial charge in [0.2, 0.25) is 0 Å². The van der Waals surface area contributed by atoms with Crippen LogP contribution in [0.1, 0.15) is 32.0 Å². The minimum Gasteiger partial charge on any atom is -0.333 e. The van der Waals surface area contributed by atoms with Crippen LogP contribution in [0.25, 0.3) is 0 Å². The zero-order valence-electron chi connectivity index (χ0n) is 8.46. The highest BCUT2D eigenvalue weighted by molar-refractivity contribution is 9.10. The Morgan fingerprint density at radius 3 is 3.00 bits per heavy atom. The molecule has 2 rings (SSSR count). The molecule has 1 saturated carbocycles. The normalized spacial score (nSPS) is 17.0. The molecule has 14 heavy (non-hydrogen) atoms. The molecule has 0 atom stereocenters. The van der Waals surface area contributed by atoms with Crippen molar-refractivity contribution < 1.29 is 0 Å². The van der Waals surface area contributed by atoms with E-state index in [0.29, 0.717) is 0 Å². The van der Waals surface area contributed by atoms with Gasteiger partial charge in [0.25, 0.3) is 0 Å². The van der Waals surface area contributed by atoms with Gasteiger partial charge in [0.05, 0.1) is 6.54 Å². The van der Waals surface area contributed by atoms with Crippen LogP contribution in [0.3, 0.4) is 0 Å². The average Bonchev–Trinajstić information content (AvgIpc) is 2.43. The zero-order valence-corrected chi connectivity index (χ0v) is 10.0. The molecule has 1 aromatic heterocycles. The van der Waals surface area contributed by atoms with Crippen molar-refractivity contribution in [2.75, 3.05) is 0 Å². The topological polar surface area (TPSA) is 29.9 Å². The second kappa shape index (κ2) is 4.45. The molecule has 0 spiro atoms. The van der Waals surface area contributed by atoms with E-state index < -0.39 is 0 Å². The third kappa shape index (κ3) is 2.17. The Labute approximate surface area is 93.0 Å². The predicted octanol–water partition coefficient (Wildman–Crippen LogP) is 2.31. The van der Waals surface area contributed by atoms with Gasteiger partial charge in [-0.3, -0.25) is 0 Å². The van der Waals surface area contributed by atoms with Gasteiger partial charge in [0, 0.05) is 18.8 Å². The lowest BCUT2D eigenvalue weighted by atomic mass is 9.93. The Kier molecular flexibility index (Phi) is 3.23. The standard InChI is InChI=1S/C10H16BrN3/c1-2-14-7-9(11)13-10(14)6-12-8-4-3-5-8/h7-8,12H,2-6H2,1H3. The predicted molar refractivity (Wildman–Crippen MR) is 60.1 cm³/mol. The molecular formula is C10H16BrN3. The molecule has 1 heterocycles. The molecule has 1 N–H and O–H groups in total. The Bertz CT molecular complexity index is 304. The summed E-state index contributed by atoms with van der Waals surface area (Å²) in [5.41, 5.74) is 0. The molecular weight excluding hydrogens is 242 g/mol. The third-order valence-corrected chi connectivity index (χ3v) is 3.21. The Morgan fingerprint density at radius 2 is 2.43 bits per heavy atom. The van der Waals surface area contributed by atoms with Gasteiger partial charge < -0.3 is 9.88 Å². The van der Waals surface area contributed by atoms with Gasteiger partial charge in [-0.05, 0) is 35.7 Å². The smallest absolute Gasteiger partial charge is 0.124 e. The summed E-state index contributed by atoms with van der Waals surface area (Å²) in [4.78, 5) is 4.43. The quantitative estimate of drug-likeness (QED) is 0.898. The first-order valence-corrected chi connectivity index (χ1v) is 6.04. The maximum Gasteiger partial charge on any atom is 0.124 e. The van der Waals surface area contributed by atoms with Crippen molar-refractivity contribution in [2.24, 2.45) is 0 Å². The highest BCUT2D eigenvalue weighted by atomic mass is 79.9. The molecule has 0 amide bonds. The van der Waals surface area contributed by atoms with E-state index in [0.717, 1.165) is 29.6 Å². The molecule has 0 aliphatic heterocycles. The summed E-state index contributed by atoms with van der Waals surface area (Å²) in [5.74, 6) is 1.13. The molecule has 0 radical (unpaired) electrons. The summed E-state index contributed by atoms with van der Waals surface area (Å²) in [6.07, 6.45) is 6.07. The molecule has 0 bridgehead atoms. The number of halogens is 1. The zero-order chi connectivity index (χ0) is 9.97. The summed E-state index contributed by atoms with van der Waals surface area (Å²) >= 11 is 3.40. The van der Waals surface area contributed by atoms with E-state index in [1.807, 2.05) is 6.20 Å². The van der Waals surface area contributed by atoms with Gasteiger partial charge in [-0.1, -0.05) is 6.42 Å². The highest BCUT2D eigenvalue weighted by Gasteiger charge is 2.17. The second-order valence-corrected chi connectivity index (χ2v) is 4.59. The summed E-state index contributed by atoms with van der Waals surface area (Å²) in [6, 6.07) is 0.732. The Hall–Kier alpha value is -0.350. The fourth-order valence-corrected chi connectivity index (χ4v) is 2.13. The molecule has 4 heteroatoms. The molecule has 1 aromatic rings. The van der Waals surface area contributed by atoms with Crippen molar-refractivity contribution in [3.63, 3.8) is 0 Å². The molecule has 0 saturated heterocycles. The van der Waals surface area contributed by atoms with Crippen LogP contribution < -0.4 is 5.32 Å². The summed E-state index contributed by atoms with van der Waals surface area (Å²) in [5, 5.41) is 3.52. The van der Waals surface area contributed by atoms with Crippen LogP contribution in [0.15, 0.2) is 10.8 Å². The van der Waals surface area contributed by atoms with Gasteiger partial charge in [-0.2, -0.15) is 0 Å². The fraction of sp³-hybridized carbons (Fsp3) is 0.700. The van der Waals surface area contributed by atoms with Crippen molar-refractivity contribution in [3.8, 4) is 0 Å². The molecule has 0 aromatic carbocycles. The molecule has 3 nitrogen and oxygen atoms in total. The van der Waals surface area contributed by atoms with Gasteiger partial charge >= 0.3 is 0 Å². The molecule has 1 fully saturated rings. The third-order valence-electron chi connectivity index (χ3n) is 2.82. The number of imidazole rings is 1. The van der Waals surface area contributed by atoms with Crippen LogP contribution in [0.5, 0.6) is 0 Å². The monoisotopic (exact) mass is 257 g/mol. The summed E-state index contributed by atoms with van der Waals surface area (Å²) in [6.45, 7) is 4.02. The van der Waals surface area contributed by atoms with E-state index in [1.165, 1.54) is 19.3 Å². The van der Waals surface area contributed by atoms with Crippen molar-refractivity contribution in [3.05, 3.63) is 16.6 Å². The fourth-order valence-electron chi connectivity index (χ4n) is 1.68. The second-order valence-electron chi connectivity index (χ2n) is 3.77. The molecule has 1 aliphatic rings. The first kappa shape index (κ1) is 10.2. The Morgan fingerprint density at radius 1 is 1.64 bits per heavy atom. The number of hydrogen-bond donors (Lipinski definition) is 1. The maximum atomic E-state index is 4.43. The number of aromatic nitrogens is 2. The minimum absolute atomic E-state index is 0.732. The van der Waals surface area contributed by atoms with Crippen molar-refractivity contribution in [1.29, 1.82) is 0 Å². The van der Waals surface area contributed by atoms with Crippen molar-refractivity contribution >= 4 is 15.9 Å². The van der Waals surface area contributed by atoms with E-state index in [1.54, 1.807) is 0 Å². The van der Waals surface area contributed by atoms with Gasteiger partial charge in [0.1, 0.15) is 10.4 Å². The van der Waals surface area contributed by atoms with E-state index >= 15 is 0 Å². The summed E-state index contributed by atoms with van der Waals surface area (Å²) < 4.78 is 3.11. The van der Waals surface area contributed by atoms with Gasteiger partial charge in [0.15, 0.2) is 0 Å². The van der Waals surface area contributed by atoms with E-state index in [4.69, 9.17) is 0 Å². The first-order chi connectivity index (χ1) is 6.79. The lowest BCUT2D eigenvalue weighted by Crippen LogP contribution is -2.35. The number of aryl methyl sites for hydroxylation is 1. The van der Waals surface area contributed by atoms with Crippen LogP contribution in [0.2, 0.25) is 0 Å². The molecule has 1 aliphatic carbocycles.